The highest BCUT2D eigenvalue weighted by Gasteiger charge is 2.31. The lowest BCUT2D eigenvalue weighted by molar-refractivity contribution is -0.146. The monoisotopic (exact) mass is 290 g/mol. The summed E-state index contributed by atoms with van der Waals surface area (Å²) in [5.74, 6) is 0.0655. The molecule has 0 aromatic heterocycles. The zero-order valence-electron chi connectivity index (χ0n) is 12.5. The van der Waals surface area contributed by atoms with E-state index in [2.05, 4.69) is 26.0 Å². The minimum atomic E-state index is -0.481. The third-order valence-corrected chi connectivity index (χ3v) is 3.64. The third kappa shape index (κ3) is 4.29. The van der Waals surface area contributed by atoms with E-state index in [0.29, 0.717) is 25.4 Å². The maximum Gasteiger partial charge on any atom is 0.243 e. The summed E-state index contributed by atoms with van der Waals surface area (Å²) in [6.45, 7) is 5.27. The summed E-state index contributed by atoms with van der Waals surface area (Å²) in [4.78, 5) is 24.5. The predicted octanol–water partition coefficient (Wildman–Crippen LogP) is 1.07. The molecule has 0 saturated carbocycles. The molecule has 0 radical (unpaired) electrons. The van der Waals surface area contributed by atoms with Gasteiger partial charge in [-0.25, -0.2) is 0 Å². The molecule has 0 atom stereocenters. The van der Waals surface area contributed by atoms with Crippen LogP contribution in [-0.4, -0.2) is 42.5 Å². The Morgan fingerprint density at radius 2 is 2.10 bits per heavy atom. The Hall–Kier alpha value is -1.88. The fraction of sp³-hybridized carbons (Fsp3) is 0.500. The molecular weight excluding hydrogens is 268 g/mol. The molecule has 1 aliphatic heterocycles. The zero-order valence-corrected chi connectivity index (χ0v) is 12.5. The number of nitrogens with zero attached hydrogens (tertiary/aromatic N) is 1. The van der Waals surface area contributed by atoms with Gasteiger partial charge in [-0.3, -0.25) is 9.59 Å². The van der Waals surface area contributed by atoms with Crippen molar-refractivity contribution in [1.29, 1.82) is 0 Å². The smallest absolute Gasteiger partial charge is 0.243 e. The van der Waals surface area contributed by atoms with E-state index in [9.17, 15) is 9.59 Å². The van der Waals surface area contributed by atoms with E-state index in [4.69, 9.17) is 10.5 Å². The van der Waals surface area contributed by atoms with Gasteiger partial charge in [-0.05, 0) is 17.0 Å². The SMILES string of the molecule is CC(C)c1cccc(CC(=O)N2CC(OCC(N)=O)C2)c1. The maximum absolute atomic E-state index is 12.1. The fourth-order valence-corrected chi connectivity index (χ4v) is 2.30. The van der Waals surface area contributed by atoms with Crippen LogP contribution in [0.1, 0.15) is 30.9 Å². The number of primary amides is 1. The van der Waals surface area contributed by atoms with Crippen molar-refractivity contribution >= 4 is 11.8 Å². The molecule has 1 aromatic rings. The first kappa shape index (κ1) is 15.5. The number of carbonyl (C=O) groups is 2. The van der Waals surface area contributed by atoms with Gasteiger partial charge in [0, 0.05) is 13.1 Å². The number of likely N-dealkylation sites (tertiary alicyclic amines) is 1. The van der Waals surface area contributed by atoms with Gasteiger partial charge in [0.2, 0.25) is 11.8 Å². The second-order valence-electron chi connectivity index (χ2n) is 5.77. The van der Waals surface area contributed by atoms with Crippen molar-refractivity contribution in [2.75, 3.05) is 19.7 Å². The summed E-state index contributed by atoms with van der Waals surface area (Å²) in [6, 6.07) is 8.14. The van der Waals surface area contributed by atoms with Crippen LogP contribution in [0.15, 0.2) is 24.3 Å². The van der Waals surface area contributed by atoms with Gasteiger partial charge in [-0.15, -0.1) is 0 Å². The first-order valence-corrected chi connectivity index (χ1v) is 7.22. The molecule has 5 nitrogen and oxygen atoms in total. The van der Waals surface area contributed by atoms with Crippen molar-refractivity contribution in [2.24, 2.45) is 5.73 Å². The van der Waals surface area contributed by atoms with E-state index in [1.165, 1.54) is 5.56 Å². The van der Waals surface area contributed by atoms with Crippen molar-refractivity contribution in [3.63, 3.8) is 0 Å². The summed E-state index contributed by atoms with van der Waals surface area (Å²) >= 11 is 0. The molecule has 1 fully saturated rings. The van der Waals surface area contributed by atoms with E-state index in [0.717, 1.165) is 5.56 Å². The van der Waals surface area contributed by atoms with Crippen LogP contribution in [0.4, 0.5) is 0 Å². The highest BCUT2D eigenvalue weighted by atomic mass is 16.5. The maximum atomic E-state index is 12.1. The summed E-state index contributed by atoms with van der Waals surface area (Å²) in [6.07, 6.45) is 0.340. The van der Waals surface area contributed by atoms with Gasteiger partial charge in [0.15, 0.2) is 0 Å². The number of hydrogen-bond acceptors (Lipinski definition) is 3. The van der Waals surface area contributed by atoms with Crippen molar-refractivity contribution in [3.8, 4) is 0 Å². The van der Waals surface area contributed by atoms with Crippen molar-refractivity contribution < 1.29 is 14.3 Å². The van der Waals surface area contributed by atoms with Crippen LogP contribution < -0.4 is 5.73 Å². The van der Waals surface area contributed by atoms with Gasteiger partial charge in [-0.2, -0.15) is 0 Å². The summed E-state index contributed by atoms with van der Waals surface area (Å²) in [7, 11) is 0. The first-order valence-electron chi connectivity index (χ1n) is 7.22. The molecule has 0 bridgehead atoms. The Balaban J connectivity index is 1.81. The van der Waals surface area contributed by atoms with Crippen LogP contribution in [0.5, 0.6) is 0 Å². The molecule has 2 amide bonds. The Bertz CT molecular complexity index is 522. The third-order valence-electron chi connectivity index (χ3n) is 3.64. The van der Waals surface area contributed by atoms with Gasteiger partial charge in [0.1, 0.15) is 6.61 Å². The molecule has 1 aromatic carbocycles. The molecule has 0 unspecified atom stereocenters. The number of amides is 2. The summed E-state index contributed by atoms with van der Waals surface area (Å²) in [5, 5.41) is 0. The molecular formula is C16H22N2O3. The Labute approximate surface area is 125 Å². The lowest BCUT2D eigenvalue weighted by Gasteiger charge is -2.38. The van der Waals surface area contributed by atoms with E-state index >= 15 is 0 Å². The Morgan fingerprint density at radius 1 is 1.38 bits per heavy atom. The summed E-state index contributed by atoms with van der Waals surface area (Å²) < 4.78 is 5.25. The average molecular weight is 290 g/mol. The van der Waals surface area contributed by atoms with Gasteiger partial charge >= 0.3 is 0 Å². The number of nitrogens with two attached hydrogens (primary N) is 1. The standard InChI is InChI=1S/C16H22N2O3/c1-11(2)13-5-3-4-12(6-13)7-16(20)18-8-14(9-18)21-10-15(17)19/h3-6,11,14H,7-10H2,1-2H3,(H2,17,19). The predicted molar refractivity (Wildman–Crippen MR) is 79.7 cm³/mol. The van der Waals surface area contributed by atoms with Gasteiger partial charge < -0.3 is 15.4 Å². The number of rotatable bonds is 6. The molecule has 1 heterocycles. The molecule has 0 spiro atoms. The second kappa shape index (κ2) is 6.72. The molecule has 2 N–H and O–H groups in total. The highest BCUT2D eigenvalue weighted by molar-refractivity contribution is 5.79. The van der Waals surface area contributed by atoms with Crippen LogP contribution >= 0.6 is 0 Å². The lowest BCUT2D eigenvalue weighted by atomic mass is 9.99. The zero-order chi connectivity index (χ0) is 15.4. The topological polar surface area (TPSA) is 72.6 Å². The van der Waals surface area contributed by atoms with Crippen LogP contribution in [0.2, 0.25) is 0 Å². The van der Waals surface area contributed by atoms with Crippen LogP contribution in [0.25, 0.3) is 0 Å². The molecule has 114 valence electrons. The Kier molecular flexibility index (Phi) is 4.96. The number of hydrogen-bond donors (Lipinski definition) is 1. The van der Waals surface area contributed by atoms with Crippen molar-refractivity contribution in [2.45, 2.75) is 32.3 Å². The Morgan fingerprint density at radius 3 is 2.71 bits per heavy atom. The average Bonchev–Trinajstić information content (AvgIpc) is 2.36. The normalized spacial score (nSPS) is 15.1. The molecule has 1 saturated heterocycles. The van der Waals surface area contributed by atoms with Crippen molar-refractivity contribution in [1.82, 2.24) is 4.90 Å². The minimum absolute atomic E-state index is 0.0663. The number of ether oxygens (including phenoxy) is 1. The quantitative estimate of drug-likeness (QED) is 0.851. The molecule has 5 heteroatoms. The minimum Gasteiger partial charge on any atom is -0.368 e. The summed E-state index contributed by atoms with van der Waals surface area (Å²) in [5.41, 5.74) is 7.29. The highest BCUT2D eigenvalue weighted by Crippen LogP contribution is 2.18. The number of benzene rings is 1. The van der Waals surface area contributed by atoms with E-state index in [1.807, 2.05) is 12.1 Å². The second-order valence-corrected chi connectivity index (χ2v) is 5.77. The lowest BCUT2D eigenvalue weighted by Crippen LogP contribution is -2.55. The van der Waals surface area contributed by atoms with Gasteiger partial charge in [0.05, 0.1) is 12.5 Å². The van der Waals surface area contributed by atoms with Crippen LogP contribution in [0, 0.1) is 0 Å². The van der Waals surface area contributed by atoms with Crippen LogP contribution in [-0.2, 0) is 20.7 Å². The number of carbonyl (C=O) groups excluding carboxylic acids is 2. The first-order chi connectivity index (χ1) is 9.95. The fourth-order valence-electron chi connectivity index (χ4n) is 2.30. The molecule has 2 rings (SSSR count). The molecule has 21 heavy (non-hydrogen) atoms. The van der Waals surface area contributed by atoms with Crippen molar-refractivity contribution in [3.05, 3.63) is 35.4 Å². The molecule has 1 aliphatic rings. The van der Waals surface area contributed by atoms with E-state index < -0.39 is 5.91 Å². The van der Waals surface area contributed by atoms with E-state index in [-0.39, 0.29) is 18.6 Å². The molecule has 0 aliphatic carbocycles. The van der Waals surface area contributed by atoms with Gasteiger partial charge in [-0.1, -0.05) is 38.1 Å². The van der Waals surface area contributed by atoms with E-state index in [1.54, 1.807) is 4.90 Å². The largest absolute Gasteiger partial charge is 0.368 e. The van der Waals surface area contributed by atoms with Crippen LogP contribution in [0.3, 0.4) is 0 Å². The van der Waals surface area contributed by atoms with Gasteiger partial charge in [0.25, 0.3) is 0 Å².